The molecule has 2 amide bonds. The number of hydrogen-bond donors (Lipinski definition) is 2. The summed E-state index contributed by atoms with van der Waals surface area (Å²) < 4.78 is 5.20. The van der Waals surface area contributed by atoms with Gasteiger partial charge in [0.15, 0.2) is 0 Å². The first kappa shape index (κ1) is 19.8. The standard InChI is InChI=1S/C18H24N4O3S/c1-4-5-6-10-15(23)19-12(2)16(24)20-18-22-21-17(26-18)13-8-7-9-14(11-13)25-3/h7-9,11-12H,4-6,10H2,1-3H3,(H,19,23)(H,20,22,24)/t12-/m0/s1. The third kappa shape index (κ3) is 5.80. The van der Waals surface area contributed by atoms with Gasteiger partial charge in [0.2, 0.25) is 16.9 Å². The lowest BCUT2D eigenvalue weighted by Crippen LogP contribution is -2.41. The Morgan fingerprint density at radius 1 is 1.27 bits per heavy atom. The summed E-state index contributed by atoms with van der Waals surface area (Å²) in [6, 6.07) is 6.83. The Balaban J connectivity index is 1.91. The van der Waals surface area contributed by atoms with Gasteiger partial charge >= 0.3 is 0 Å². The van der Waals surface area contributed by atoms with Crippen LogP contribution in [0.1, 0.15) is 39.5 Å². The normalized spacial score (nSPS) is 11.7. The van der Waals surface area contributed by atoms with Gasteiger partial charge in [-0.25, -0.2) is 0 Å². The zero-order valence-electron chi connectivity index (χ0n) is 15.2. The maximum absolute atomic E-state index is 12.2. The first-order valence-electron chi connectivity index (χ1n) is 8.61. The summed E-state index contributed by atoms with van der Waals surface area (Å²) in [5, 5.41) is 14.5. The molecule has 1 aromatic carbocycles. The van der Waals surface area contributed by atoms with Gasteiger partial charge in [-0.15, -0.1) is 10.2 Å². The van der Waals surface area contributed by atoms with Crippen molar-refractivity contribution in [2.24, 2.45) is 0 Å². The second kappa shape index (κ2) is 9.86. The Labute approximate surface area is 157 Å². The first-order chi connectivity index (χ1) is 12.5. The van der Waals surface area contributed by atoms with E-state index < -0.39 is 6.04 Å². The van der Waals surface area contributed by atoms with Gasteiger partial charge in [-0.2, -0.15) is 0 Å². The quantitative estimate of drug-likeness (QED) is 0.655. The molecule has 2 N–H and O–H groups in total. The Hall–Kier alpha value is -2.48. The van der Waals surface area contributed by atoms with Crippen LogP contribution in [0.15, 0.2) is 24.3 Å². The van der Waals surface area contributed by atoms with Crippen molar-refractivity contribution < 1.29 is 14.3 Å². The van der Waals surface area contributed by atoms with Crippen LogP contribution in [0.3, 0.4) is 0 Å². The predicted molar refractivity (Wildman–Crippen MR) is 102 cm³/mol. The zero-order valence-corrected chi connectivity index (χ0v) is 16.1. The van der Waals surface area contributed by atoms with Crippen molar-refractivity contribution in [1.29, 1.82) is 0 Å². The minimum atomic E-state index is -0.631. The molecule has 26 heavy (non-hydrogen) atoms. The lowest BCUT2D eigenvalue weighted by atomic mass is 10.2. The van der Waals surface area contributed by atoms with Gasteiger partial charge in [-0.05, 0) is 25.5 Å². The van der Waals surface area contributed by atoms with Crippen LogP contribution in [0, 0.1) is 0 Å². The van der Waals surface area contributed by atoms with Gasteiger partial charge < -0.3 is 10.1 Å². The average molecular weight is 376 g/mol. The smallest absolute Gasteiger partial charge is 0.248 e. The van der Waals surface area contributed by atoms with Crippen molar-refractivity contribution in [2.75, 3.05) is 12.4 Å². The molecule has 0 fully saturated rings. The number of benzene rings is 1. The lowest BCUT2D eigenvalue weighted by Gasteiger charge is -2.12. The Morgan fingerprint density at radius 3 is 2.81 bits per heavy atom. The number of nitrogens with one attached hydrogen (secondary N) is 2. The molecule has 0 aliphatic carbocycles. The summed E-state index contributed by atoms with van der Waals surface area (Å²) in [6.45, 7) is 3.73. The third-order valence-electron chi connectivity index (χ3n) is 3.75. The van der Waals surface area contributed by atoms with E-state index in [1.54, 1.807) is 14.0 Å². The van der Waals surface area contributed by atoms with Crippen molar-refractivity contribution in [2.45, 2.75) is 45.6 Å². The fourth-order valence-corrected chi connectivity index (χ4v) is 3.02. The van der Waals surface area contributed by atoms with Gasteiger partial charge in [0.05, 0.1) is 7.11 Å². The second-order valence-corrected chi connectivity index (χ2v) is 6.86. The van der Waals surface area contributed by atoms with Crippen LogP contribution < -0.4 is 15.4 Å². The maximum Gasteiger partial charge on any atom is 0.248 e. The van der Waals surface area contributed by atoms with Crippen molar-refractivity contribution in [3.05, 3.63) is 24.3 Å². The molecule has 0 aliphatic rings. The highest BCUT2D eigenvalue weighted by Gasteiger charge is 2.17. The lowest BCUT2D eigenvalue weighted by molar-refractivity contribution is -0.126. The molecular formula is C18H24N4O3S. The molecule has 2 rings (SSSR count). The zero-order chi connectivity index (χ0) is 18.9. The minimum absolute atomic E-state index is 0.115. The van der Waals surface area contributed by atoms with Gasteiger partial charge in [0.1, 0.15) is 16.8 Å². The van der Waals surface area contributed by atoms with Crippen LogP contribution in [-0.2, 0) is 9.59 Å². The number of aromatic nitrogens is 2. The van der Waals surface area contributed by atoms with Gasteiger partial charge in [0.25, 0.3) is 0 Å². The molecular weight excluding hydrogens is 352 g/mol. The Kier molecular flexibility index (Phi) is 7.53. The topological polar surface area (TPSA) is 93.2 Å². The minimum Gasteiger partial charge on any atom is -0.497 e. The van der Waals surface area contributed by atoms with E-state index in [0.717, 1.165) is 30.6 Å². The average Bonchev–Trinajstić information content (AvgIpc) is 3.10. The molecule has 7 nitrogen and oxygen atoms in total. The second-order valence-electron chi connectivity index (χ2n) is 5.88. The summed E-state index contributed by atoms with van der Waals surface area (Å²) >= 11 is 1.26. The maximum atomic E-state index is 12.2. The summed E-state index contributed by atoms with van der Waals surface area (Å²) in [5.41, 5.74) is 0.861. The number of carbonyl (C=O) groups excluding carboxylic acids is 2. The van der Waals surface area contributed by atoms with Gasteiger partial charge in [-0.3, -0.25) is 14.9 Å². The van der Waals surface area contributed by atoms with Crippen LogP contribution in [0.2, 0.25) is 0 Å². The summed E-state index contributed by atoms with van der Waals surface area (Å²) in [4.78, 5) is 24.0. The predicted octanol–water partition coefficient (Wildman–Crippen LogP) is 3.24. The summed E-state index contributed by atoms with van der Waals surface area (Å²) in [6.07, 6.45) is 3.32. The van der Waals surface area contributed by atoms with E-state index in [0.29, 0.717) is 16.6 Å². The summed E-state index contributed by atoms with van der Waals surface area (Å²) in [7, 11) is 1.60. The molecule has 0 bridgehead atoms. The van der Waals surface area contributed by atoms with E-state index in [2.05, 4.69) is 27.8 Å². The van der Waals surface area contributed by atoms with E-state index in [-0.39, 0.29) is 11.8 Å². The molecule has 0 saturated carbocycles. The third-order valence-corrected chi connectivity index (χ3v) is 4.64. The monoisotopic (exact) mass is 376 g/mol. The number of rotatable bonds is 9. The number of amides is 2. The molecule has 1 heterocycles. The number of nitrogens with zero attached hydrogens (tertiary/aromatic N) is 2. The van der Waals surface area contributed by atoms with E-state index >= 15 is 0 Å². The molecule has 0 aliphatic heterocycles. The van der Waals surface area contributed by atoms with Crippen LogP contribution in [0.4, 0.5) is 5.13 Å². The van der Waals surface area contributed by atoms with E-state index in [1.807, 2.05) is 24.3 Å². The number of unbranched alkanes of at least 4 members (excludes halogenated alkanes) is 2. The molecule has 140 valence electrons. The SMILES string of the molecule is CCCCCC(=O)N[C@@H](C)C(=O)Nc1nnc(-c2cccc(OC)c2)s1. The van der Waals surface area contributed by atoms with E-state index in [9.17, 15) is 9.59 Å². The number of carbonyl (C=O) groups is 2. The fourth-order valence-electron chi connectivity index (χ4n) is 2.27. The number of ether oxygens (including phenoxy) is 1. The molecule has 0 unspecified atom stereocenters. The van der Waals surface area contributed by atoms with Crippen LogP contribution in [0.25, 0.3) is 10.6 Å². The molecule has 0 radical (unpaired) electrons. The van der Waals surface area contributed by atoms with Crippen LogP contribution >= 0.6 is 11.3 Å². The Bertz CT molecular complexity index is 748. The van der Waals surface area contributed by atoms with Gasteiger partial charge in [0, 0.05) is 12.0 Å². The van der Waals surface area contributed by atoms with Crippen molar-refractivity contribution in [3.63, 3.8) is 0 Å². The highest BCUT2D eigenvalue weighted by atomic mass is 32.1. The Morgan fingerprint density at radius 2 is 2.08 bits per heavy atom. The van der Waals surface area contributed by atoms with Crippen LogP contribution in [-0.4, -0.2) is 35.2 Å². The summed E-state index contributed by atoms with van der Waals surface area (Å²) in [5.74, 6) is 0.292. The molecule has 0 spiro atoms. The van der Waals surface area contributed by atoms with E-state index in [4.69, 9.17) is 4.74 Å². The molecule has 1 atom stereocenters. The first-order valence-corrected chi connectivity index (χ1v) is 9.43. The van der Waals surface area contributed by atoms with Crippen molar-refractivity contribution >= 4 is 28.3 Å². The number of methoxy groups -OCH3 is 1. The molecule has 1 aromatic heterocycles. The number of anilines is 1. The van der Waals surface area contributed by atoms with Crippen LogP contribution in [0.5, 0.6) is 5.75 Å². The van der Waals surface area contributed by atoms with E-state index in [1.165, 1.54) is 11.3 Å². The number of hydrogen-bond acceptors (Lipinski definition) is 6. The van der Waals surface area contributed by atoms with Crippen molar-refractivity contribution in [1.82, 2.24) is 15.5 Å². The molecule has 8 heteroatoms. The van der Waals surface area contributed by atoms with Crippen molar-refractivity contribution in [3.8, 4) is 16.3 Å². The fraction of sp³-hybridized carbons (Fsp3) is 0.444. The largest absolute Gasteiger partial charge is 0.497 e. The van der Waals surface area contributed by atoms with Gasteiger partial charge in [-0.1, -0.05) is 43.2 Å². The molecule has 0 saturated heterocycles. The molecule has 2 aromatic rings. The highest BCUT2D eigenvalue weighted by Crippen LogP contribution is 2.28. The highest BCUT2D eigenvalue weighted by molar-refractivity contribution is 7.18.